The fourth-order valence-electron chi connectivity index (χ4n) is 3.71. The molecule has 0 radical (unpaired) electrons. The van der Waals surface area contributed by atoms with E-state index in [1.807, 2.05) is 60.7 Å². The number of rotatable bonds is 12. The maximum absolute atomic E-state index is 12.8. The second-order valence-corrected chi connectivity index (χ2v) is 9.16. The van der Waals surface area contributed by atoms with Gasteiger partial charge in [-0.15, -0.1) is 0 Å². The first-order chi connectivity index (χ1) is 17.7. The molecule has 3 rings (SSSR count). The minimum atomic E-state index is -0.892. The maximum atomic E-state index is 12.8. The molecule has 3 amide bonds. The van der Waals surface area contributed by atoms with Crippen LogP contribution in [0.4, 0.5) is 4.79 Å². The number of amides is 3. The van der Waals surface area contributed by atoms with E-state index < -0.39 is 24.1 Å². The summed E-state index contributed by atoms with van der Waals surface area (Å²) in [5.74, 6) is -0.923. The number of ketones is 1. The highest BCUT2D eigenvalue weighted by Gasteiger charge is 2.29. The van der Waals surface area contributed by atoms with Crippen LogP contribution in [-0.4, -0.2) is 48.9 Å². The monoisotopic (exact) mass is 507 g/mol. The highest BCUT2D eigenvalue weighted by molar-refractivity contribution is 5.97. The predicted octanol–water partition coefficient (Wildman–Crippen LogP) is 2.65. The predicted molar refractivity (Wildman–Crippen MR) is 137 cm³/mol. The molecule has 0 saturated carbocycles. The van der Waals surface area contributed by atoms with Gasteiger partial charge in [-0.25, -0.2) is 4.79 Å². The van der Waals surface area contributed by atoms with Gasteiger partial charge in [-0.3, -0.25) is 14.4 Å². The Morgan fingerprint density at radius 2 is 1.54 bits per heavy atom. The number of hydrogen-bond donors (Lipinski definition) is 3. The van der Waals surface area contributed by atoms with E-state index in [4.69, 9.17) is 9.47 Å². The zero-order valence-corrected chi connectivity index (χ0v) is 21.3. The molecule has 9 nitrogen and oxygen atoms in total. The van der Waals surface area contributed by atoms with Gasteiger partial charge in [-0.1, -0.05) is 74.5 Å². The highest BCUT2D eigenvalue weighted by Crippen LogP contribution is 2.18. The van der Waals surface area contributed by atoms with Crippen LogP contribution in [0.25, 0.3) is 0 Å². The molecule has 1 aliphatic heterocycles. The zero-order chi connectivity index (χ0) is 26.8. The number of benzene rings is 2. The van der Waals surface area contributed by atoms with Crippen molar-refractivity contribution in [2.24, 2.45) is 5.92 Å². The third-order valence-electron chi connectivity index (χ3n) is 5.91. The van der Waals surface area contributed by atoms with Gasteiger partial charge in [0.1, 0.15) is 25.0 Å². The molecule has 0 aliphatic carbocycles. The summed E-state index contributed by atoms with van der Waals surface area (Å²) in [6.07, 6.45) is -0.332. The lowest BCUT2D eigenvalue weighted by molar-refractivity contribution is -0.130. The number of carbonyl (C=O) groups excluding carboxylic acids is 4. The SMILES string of the molecule is CC(C)[C@H](NC(=O)OCc1ccccc1)C(=O)N[C@@H](C)C(=O)COC1=C(Cc2ccccc2)C(=O)NC1. The number of alkyl carbamates (subject to hydrolysis) is 1. The molecule has 1 aliphatic rings. The average molecular weight is 508 g/mol. The minimum Gasteiger partial charge on any atom is -0.488 e. The van der Waals surface area contributed by atoms with Crippen LogP contribution in [0.5, 0.6) is 0 Å². The number of ether oxygens (including phenoxy) is 2. The Bertz CT molecular complexity index is 1130. The fourth-order valence-corrected chi connectivity index (χ4v) is 3.71. The summed E-state index contributed by atoms with van der Waals surface area (Å²) in [7, 11) is 0. The van der Waals surface area contributed by atoms with Gasteiger partial charge in [-0.2, -0.15) is 0 Å². The largest absolute Gasteiger partial charge is 0.488 e. The van der Waals surface area contributed by atoms with Crippen LogP contribution in [0.15, 0.2) is 72.0 Å². The van der Waals surface area contributed by atoms with Gasteiger partial charge in [0.15, 0.2) is 5.78 Å². The van der Waals surface area contributed by atoms with Crippen molar-refractivity contribution < 1.29 is 28.7 Å². The lowest BCUT2D eigenvalue weighted by atomic mass is 10.0. The van der Waals surface area contributed by atoms with Crippen molar-refractivity contribution in [3.05, 3.63) is 83.1 Å². The van der Waals surface area contributed by atoms with Crippen molar-refractivity contribution in [1.29, 1.82) is 0 Å². The second kappa shape index (κ2) is 13.2. The summed E-state index contributed by atoms with van der Waals surface area (Å²) < 4.78 is 10.9. The number of nitrogens with one attached hydrogen (secondary N) is 3. The van der Waals surface area contributed by atoms with E-state index >= 15 is 0 Å². The van der Waals surface area contributed by atoms with Crippen molar-refractivity contribution in [2.45, 2.75) is 45.9 Å². The summed E-state index contributed by atoms with van der Waals surface area (Å²) >= 11 is 0. The van der Waals surface area contributed by atoms with E-state index in [0.29, 0.717) is 17.8 Å². The van der Waals surface area contributed by atoms with E-state index in [2.05, 4.69) is 16.0 Å². The van der Waals surface area contributed by atoms with Gasteiger partial charge < -0.3 is 25.4 Å². The third kappa shape index (κ3) is 8.20. The van der Waals surface area contributed by atoms with Crippen LogP contribution in [0.2, 0.25) is 0 Å². The number of Topliss-reactive ketones (excluding diaryl/α,β-unsaturated/α-hetero) is 1. The Hall–Kier alpha value is -4.14. The van der Waals surface area contributed by atoms with Crippen LogP contribution in [0.3, 0.4) is 0 Å². The Balaban J connectivity index is 1.51. The van der Waals surface area contributed by atoms with Gasteiger partial charge >= 0.3 is 6.09 Å². The maximum Gasteiger partial charge on any atom is 0.408 e. The van der Waals surface area contributed by atoms with E-state index in [-0.39, 0.29) is 37.4 Å². The average Bonchev–Trinajstić information content (AvgIpc) is 3.24. The third-order valence-corrected chi connectivity index (χ3v) is 5.91. The summed E-state index contributed by atoms with van der Waals surface area (Å²) in [6.45, 7) is 5.09. The molecule has 2 aromatic carbocycles. The van der Waals surface area contributed by atoms with Crippen molar-refractivity contribution >= 4 is 23.7 Å². The van der Waals surface area contributed by atoms with Crippen LogP contribution >= 0.6 is 0 Å². The molecule has 9 heteroatoms. The zero-order valence-electron chi connectivity index (χ0n) is 21.3. The molecule has 0 aromatic heterocycles. The Morgan fingerprint density at radius 1 is 0.919 bits per heavy atom. The lowest BCUT2D eigenvalue weighted by Gasteiger charge is -2.23. The van der Waals surface area contributed by atoms with Crippen LogP contribution < -0.4 is 16.0 Å². The number of hydrogen-bond acceptors (Lipinski definition) is 6. The van der Waals surface area contributed by atoms with Gasteiger partial charge in [0.05, 0.1) is 18.2 Å². The molecule has 196 valence electrons. The van der Waals surface area contributed by atoms with Crippen molar-refractivity contribution in [2.75, 3.05) is 13.2 Å². The van der Waals surface area contributed by atoms with Crippen LogP contribution in [0, 0.1) is 5.92 Å². The van der Waals surface area contributed by atoms with E-state index in [9.17, 15) is 19.2 Å². The summed E-state index contributed by atoms with van der Waals surface area (Å²) in [6, 6.07) is 16.9. The smallest absolute Gasteiger partial charge is 0.408 e. The van der Waals surface area contributed by atoms with Crippen molar-refractivity contribution in [1.82, 2.24) is 16.0 Å². The van der Waals surface area contributed by atoms with Crippen molar-refractivity contribution in [3.63, 3.8) is 0 Å². The molecule has 1 heterocycles. The molecule has 37 heavy (non-hydrogen) atoms. The minimum absolute atomic E-state index is 0.0742. The molecular weight excluding hydrogens is 474 g/mol. The highest BCUT2D eigenvalue weighted by atomic mass is 16.5. The Labute approximate surface area is 216 Å². The Kier molecular flexibility index (Phi) is 9.83. The molecule has 3 N–H and O–H groups in total. The number of carbonyl (C=O) groups is 4. The molecule has 0 spiro atoms. The van der Waals surface area contributed by atoms with Gasteiger partial charge in [-0.05, 0) is 24.0 Å². The first-order valence-corrected chi connectivity index (χ1v) is 12.2. The molecule has 2 atom stereocenters. The second-order valence-electron chi connectivity index (χ2n) is 9.16. The lowest BCUT2D eigenvalue weighted by Crippen LogP contribution is -2.53. The normalized spacial score (nSPS) is 14.5. The fraction of sp³-hybridized carbons (Fsp3) is 0.357. The van der Waals surface area contributed by atoms with Gasteiger partial charge in [0.2, 0.25) is 5.91 Å². The standard InChI is InChI=1S/C28H33N3O6/c1-18(2)25(31-28(35)37-16-21-12-8-5-9-13-21)27(34)30-19(3)23(32)17-36-24-15-29-26(33)22(24)14-20-10-6-4-7-11-20/h4-13,18-19,25H,14-17H2,1-3H3,(H,29,33)(H,30,34)(H,31,35)/t19-,25-/m0/s1. The van der Waals surface area contributed by atoms with Crippen LogP contribution in [0.1, 0.15) is 31.9 Å². The molecule has 2 aromatic rings. The van der Waals surface area contributed by atoms with Gasteiger partial charge in [0, 0.05) is 6.42 Å². The summed E-state index contributed by atoms with van der Waals surface area (Å²) in [5.41, 5.74) is 2.26. The van der Waals surface area contributed by atoms with E-state index in [1.54, 1.807) is 20.8 Å². The van der Waals surface area contributed by atoms with E-state index in [0.717, 1.165) is 11.1 Å². The topological polar surface area (TPSA) is 123 Å². The Morgan fingerprint density at radius 3 is 2.16 bits per heavy atom. The van der Waals surface area contributed by atoms with E-state index in [1.165, 1.54) is 0 Å². The first kappa shape index (κ1) is 27.4. The van der Waals surface area contributed by atoms with Crippen LogP contribution in [-0.2, 0) is 36.9 Å². The molecule has 0 fully saturated rings. The molecule has 0 unspecified atom stereocenters. The molecular formula is C28H33N3O6. The molecule has 0 saturated heterocycles. The first-order valence-electron chi connectivity index (χ1n) is 12.2. The van der Waals surface area contributed by atoms with Crippen molar-refractivity contribution in [3.8, 4) is 0 Å². The summed E-state index contributed by atoms with van der Waals surface area (Å²) in [4.78, 5) is 50.0. The van der Waals surface area contributed by atoms with Gasteiger partial charge in [0.25, 0.3) is 5.91 Å². The quantitative estimate of drug-likeness (QED) is 0.406. The molecule has 0 bridgehead atoms. The summed E-state index contributed by atoms with van der Waals surface area (Å²) in [5, 5.41) is 7.93.